The minimum Gasteiger partial charge on any atom is -0.462 e. The Kier molecular flexibility index (Phi) is 5.03. The third-order valence-corrected chi connectivity index (χ3v) is 2.91. The Morgan fingerprint density at radius 3 is 2.78 bits per heavy atom. The van der Waals surface area contributed by atoms with Gasteiger partial charge < -0.3 is 4.74 Å². The van der Waals surface area contributed by atoms with Crippen LogP contribution in [0.3, 0.4) is 0 Å². The number of hydrogen-bond donors (Lipinski definition) is 2. The van der Waals surface area contributed by atoms with Crippen molar-refractivity contribution in [3.63, 3.8) is 0 Å². The lowest BCUT2D eigenvalue weighted by atomic mass is 10.2. The van der Waals surface area contributed by atoms with Gasteiger partial charge in [0, 0.05) is 17.8 Å². The number of nitro groups is 1. The van der Waals surface area contributed by atoms with Crippen molar-refractivity contribution in [1.29, 1.82) is 0 Å². The molecule has 0 amide bonds. The largest absolute Gasteiger partial charge is 0.462 e. The number of H-pyrrole nitrogens is 1. The van der Waals surface area contributed by atoms with Gasteiger partial charge in [0.15, 0.2) is 5.82 Å². The maximum absolute atomic E-state index is 11.8. The first-order valence-electron chi connectivity index (χ1n) is 6.78. The van der Waals surface area contributed by atoms with Gasteiger partial charge >= 0.3 is 5.97 Å². The van der Waals surface area contributed by atoms with Crippen LogP contribution in [0.2, 0.25) is 0 Å². The van der Waals surface area contributed by atoms with Crippen LogP contribution in [0.15, 0.2) is 29.4 Å². The van der Waals surface area contributed by atoms with E-state index in [9.17, 15) is 14.9 Å². The summed E-state index contributed by atoms with van der Waals surface area (Å²) in [7, 11) is 0. The Morgan fingerprint density at radius 2 is 2.17 bits per heavy atom. The number of nitro benzene ring substituents is 1. The SMILES string of the molecule is CCOC(=O)c1c(N/N=C\c2ccc([N+](=O)[O-])cc2)n[nH]c1C. The maximum atomic E-state index is 11.8. The lowest BCUT2D eigenvalue weighted by Gasteiger charge is -2.02. The second-order valence-electron chi connectivity index (χ2n) is 4.51. The Hall–Kier alpha value is -3.23. The molecule has 2 N–H and O–H groups in total. The van der Waals surface area contributed by atoms with Crippen LogP contribution >= 0.6 is 0 Å². The highest BCUT2D eigenvalue weighted by Crippen LogP contribution is 2.17. The van der Waals surface area contributed by atoms with E-state index in [0.29, 0.717) is 11.3 Å². The van der Waals surface area contributed by atoms with Crippen molar-refractivity contribution in [3.8, 4) is 0 Å². The number of ether oxygens (including phenoxy) is 1. The van der Waals surface area contributed by atoms with E-state index in [1.54, 1.807) is 26.0 Å². The van der Waals surface area contributed by atoms with Crippen molar-refractivity contribution in [1.82, 2.24) is 10.2 Å². The molecule has 1 aromatic heterocycles. The zero-order chi connectivity index (χ0) is 16.8. The third kappa shape index (κ3) is 3.90. The number of non-ortho nitro benzene ring substituents is 1. The van der Waals surface area contributed by atoms with Crippen LogP contribution in [-0.2, 0) is 4.74 Å². The van der Waals surface area contributed by atoms with Gasteiger partial charge in [0.1, 0.15) is 5.56 Å². The first-order chi connectivity index (χ1) is 11.0. The fourth-order valence-electron chi connectivity index (χ4n) is 1.81. The van der Waals surface area contributed by atoms with Crippen molar-refractivity contribution in [2.45, 2.75) is 13.8 Å². The Labute approximate surface area is 131 Å². The Balaban J connectivity index is 2.08. The number of aryl methyl sites for hydroxylation is 1. The van der Waals surface area contributed by atoms with E-state index in [-0.39, 0.29) is 23.7 Å². The molecular formula is C14H15N5O4. The summed E-state index contributed by atoms with van der Waals surface area (Å²) in [6, 6.07) is 5.88. The highest BCUT2D eigenvalue weighted by atomic mass is 16.6. The molecule has 2 aromatic rings. The Morgan fingerprint density at radius 1 is 1.48 bits per heavy atom. The summed E-state index contributed by atoms with van der Waals surface area (Å²) < 4.78 is 4.95. The first-order valence-corrected chi connectivity index (χ1v) is 6.78. The number of rotatable bonds is 6. The number of hydrazone groups is 1. The number of hydrogen-bond acceptors (Lipinski definition) is 7. The predicted molar refractivity (Wildman–Crippen MR) is 83.6 cm³/mol. The van der Waals surface area contributed by atoms with Gasteiger partial charge in [-0.3, -0.25) is 20.6 Å². The van der Waals surface area contributed by atoms with Crippen LogP contribution in [-0.4, -0.2) is 33.9 Å². The smallest absolute Gasteiger partial charge is 0.343 e. The summed E-state index contributed by atoms with van der Waals surface area (Å²) >= 11 is 0. The lowest BCUT2D eigenvalue weighted by molar-refractivity contribution is -0.384. The molecule has 120 valence electrons. The molecule has 2 rings (SSSR count). The van der Waals surface area contributed by atoms with E-state index in [2.05, 4.69) is 20.7 Å². The van der Waals surface area contributed by atoms with Crippen molar-refractivity contribution in [2.24, 2.45) is 5.10 Å². The Bertz CT molecular complexity index is 736. The fourth-order valence-corrected chi connectivity index (χ4v) is 1.81. The van der Waals surface area contributed by atoms with Crippen LogP contribution in [0.25, 0.3) is 0 Å². The van der Waals surface area contributed by atoms with Crippen molar-refractivity contribution < 1.29 is 14.5 Å². The molecule has 23 heavy (non-hydrogen) atoms. The number of carbonyl (C=O) groups excluding carboxylic acids is 1. The van der Waals surface area contributed by atoms with E-state index in [1.165, 1.54) is 18.3 Å². The van der Waals surface area contributed by atoms with Gasteiger partial charge in [-0.15, -0.1) is 0 Å². The normalized spacial score (nSPS) is 10.7. The van der Waals surface area contributed by atoms with Gasteiger partial charge in [-0.1, -0.05) is 0 Å². The lowest BCUT2D eigenvalue weighted by Crippen LogP contribution is -2.08. The van der Waals surface area contributed by atoms with Gasteiger partial charge in [0.05, 0.1) is 17.7 Å². The van der Waals surface area contributed by atoms with Gasteiger partial charge in [0.2, 0.25) is 0 Å². The number of aromatic amines is 1. The molecule has 0 saturated carbocycles. The number of aromatic nitrogens is 2. The molecule has 9 nitrogen and oxygen atoms in total. The second kappa shape index (κ2) is 7.16. The summed E-state index contributed by atoms with van der Waals surface area (Å²) in [5.74, 6) is -0.245. The molecule has 0 spiro atoms. The first kappa shape index (κ1) is 16.1. The highest BCUT2D eigenvalue weighted by molar-refractivity contribution is 5.96. The van der Waals surface area contributed by atoms with Crippen molar-refractivity contribution >= 4 is 23.7 Å². The molecule has 0 atom stereocenters. The molecule has 0 fully saturated rings. The molecule has 9 heteroatoms. The average molecular weight is 317 g/mol. The summed E-state index contributed by atoms with van der Waals surface area (Å²) in [6.45, 7) is 3.67. The average Bonchev–Trinajstić information content (AvgIpc) is 2.89. The van der Waals surface area contributed by atoms with Crippen molar-refractivity contribution in [2.75, 3.05) is 12.0 Å². The zero-order valence-electron chi connectivity index (χ0n) is 12.6. The van der Waals surface area contributed by atoms with Crippen LogP contribution in [0, 0.1) is 17.0 Å². The zero-order valence-corrected chi connectivity index (χ0v) is 12.6. The number of anilines is 1. The summed E-state index contributed by atoms with van der Waals surface area (Å²) in [6.07, 6.45) is 1.46. The van der Waals surface area contributed by atoms with E-state index in [0.717, 1.165) is 0 Å². The summed E-state index contributed by atoms with van der Waals surface area (Å²) in [5.41, 5.74) is 4.17. The monoisotopic (exact) mass is 317 g/mol. The molecule has 0 radical (unpaired) electrons. The van der Waals surface area contributed by atoms with E-state index < -0.39 is 10.9 Å². The van der Waals surface area contributed by atoms with Gasteiger partial charge in [0.25, 0.3) is 5.69 Å². The molecule has 0 aliphatic rings. The number of esters is 1. The standard InChI is InChI=1S/C14H15N5O4/c1-3-23-14(20)12-9(2)16-18-13(12)17-15-8-10-4-6-11(7-5-10)19(21)22/h4-8H,3H2,1-2H3,(H2,16,17,18)/b15-8-. The quantitative estimate of drug-likeness (QED) is 0.364. The van der Waals surface area contributed by atoms with Crippen LogP contribution in [0.4, 0.5) is 11.5 Å². The number of nitrogens with zero attached hydrogens (tertiary/aromatic N) is 3. The summed E-state index contributed by atoms with van der Waals surface area (Å²) in [4.78, 5) is 21.9. The second-order valence-corrected chi connectivity index (χ2v) is 4.51. The molecule has 0 bridgehead atoms. The molecule has 1 aromatic carbocycles. The number of carbonyl (C=O) groups is 1. The highest BCUT2D eigenvalue weighted by Gasteiger charge is 2.18. The molecule has 0 unspecified atom stereocenters. The van der Waals surface area contributed by atoms with Gasteiger partial charge in [-0.25, -0.2) is 4.79 Å². The molecule has 0 aliphatic carbocycles. The molecule has 0 saturated heterocycles. The van der Waals surface area contributed by atoms with Gasteiger partial charge in [-0.2, -0.15) is 10.2 Å². The number of nitrogens with one attached hydrogen (secondary N) is 2. The molecular weight excluding hydrogens is 302 g/mol. The summed E-state index contributed by atoms with van der Waals surface area (Å²) in [5, 5.41) is 21.2. The maximum Gasteiger partial charge on any atom is 0.343 e. The van der Waals surface area contributed by atoms with E-state index in [4.69, 9.17) is 4.74 Å². The minimum absolute atomic E-state index is 0.00244. The fraction of sp³-hybridized carbons (Fsp3) is 0.214. The third-order valence-electron chi connectivity index (χ3n) is 2.91. The topological polar surface area (TPSA) is 123 Å². The minimum atomic E-state index is -0.494. The van der Waals surface area contributed by atoms with Crippen LogP contribution < -0.4 is 5.43 Å². The predicted octanol–water partition coefficient (Wildman–Crippen LogP) is 2.25. The molecule has 1 heterocycles. The van der Waals surface area contributed by atoms with Crippen LogP contribution in [0.5, 0.6) is 0 Å². The number of benzene rings is 1. The molecule has 0 aliphatic heterocycles. The van der Waals surface area contributed by atoms with E-state index in [1.807, 2.05) is 0 Å². The van der Waals surface area contributed by atoms with Gasteiger partial charge in [-0.05, 0) is 31.5 Å². The van der Waals surface area contributed by atoms with E-state index >= 15 is 0 Å². The van der Waals surface area contributed by atoms with Crippen LogP contribution in [0.1, 0.15) is 28.5 Å². The van der Waals surface area contributed by atoms with Crippen molar-refractivity contribution in [3.05, 3.63) is 51.2 Å².